The minimum absolute atomic E-state index is 0.0343. The number of anilines is 1. The molecule has 0 radical (unpaired) electrons. The van der Waals surface area contributed by atoms with E-state index in [0.29, 0.717) is 18.0 Å². The third kappa shape index (κ3) is 4.19. The van der Waals surface area contributed by atoms with Gasteiger partial charge in [0.1, 0.15) is 12.3 Å². The second kappa shape index (κ2) is 8.87. The van der Waals surface area contributed by atoms with Crippen LogP contribution >= 0.6 is 15.9 Å². The zero-order valence-corrected chi connectivity index (χ0v) is 20.5. The Hall–Kier alpha value is -3.62. The largest absolute Gasteiger partial charge is 0.463 e. The van der Waals surface area contributed by atoms with Crippen molar-refractivity contribution in [3.05, 3.63) is 100 Å². The summed E-state index contributed by atoms with van der Waals surface area (Å²) in [4.78, 5) is 14.6. The number of rotatable bonds is 6. The van der Waals surface area contributed by atoms with Crippen molar-refractivity contribution in [2.24, 2.45) is 0 Å². The van der Waals surface area contributed by atoms with E-state index in [2.05, 4.69) is 46.0 Å². The molecule has 1 fully saturated rings. The lowest BCUT2D eigenvalue weighted by Gasteiger charge is -2.23. The summed E-state index contributed by atoms with van der Waals surface area (Å²) < 4.78 is 14.5. The number of benzene rings is 2. The maximum absolute atomic E-state index is 12.8. The Morgan fingerprint density at radius 2 is 2.03 bits per heavy atom. The Kier molecular flexibility index (Phi) is 5.54. The maximum Gasteiger partial charge on any atom is 0.250 e. The summed E-state index contributed by atoms with van der Waals surface area (Å²) in [5.41, 5.74) is 6.89. The van der Waals surface area contributed by atoms with Gasteiger partial charge in [0.15, 0.2) is 12.0 Å². The molecule has 2 aliphatic heterocycles. The molecule has 176 valence electrons. The van der Waals surface area contributed by atoms with Gasteiger partial charge in [-0.1, -0.05) is 34.6 Å². The van der Waals surface area contributed by atoms with E-state index >= 15 is 0 Å². The highest BCUT2D eigenvalue weighted by molar-refractivity contribution is 9.10. The Labute approximate surface area is 211 Å². The van der Waals surface area contributed by atoms with Crippen LogP contribution in [0.2, 0.25) is 0 Å². The molecule has 1 saturated heterocycles. The molecule has 35 heavy (non-hydrogen) atoms. The van der Waals surface area contributed by atoms with Gasteiger partial charge in [-0.3, -0.25) is 4.79 Å². The Morgan fingerprint density at radius 1 is 1.17 bits per heavy atom. The molecule has 2 aromatic carbocycles. The van der Waals surface area contributed by atoms with Crippen molar-refractivity contribution in [3.8, 4) is 17.1 Å². The number of halogens is 1. The first-order chi connectivity index (χ1) is 17.0. The molecular formula is C27H23BrN4O3. The van der Waals surface area contributed by atoms with Crippen molar-refractivity contribution < 1.29 is 13.9 Å². The number of amides is 1. The fourth-order valence-corrected chi connectivity index (χ4v) is 4.90. The van der Waals surface area contributed by atoms with E-state index in [1.807, 2.05) is 42.6 Å². The third-order valence-electron chi connectivity index (χ3n) is 6.35. The Balaban J connectivity index is 1.30. The number of ether oxygens (including phenoxy) is 1. The van der Waals surface area contributed by atoms with E-state index in [-0.39, 0.29) is 12.5 Å². The number of carbonyl (C=O) groups is 1. The first-order valence-electron chi connectivity index (χ1n) is 11.4. The Bertz CT molecular complexity index is 1410. The van der Waals surface area contributed by atoms with Crippen LogP contribution in [0, 0.1) is 0 Å². The van der Waals surface area contributed by atoms with Gasteiger partial charge >= 0.3 is 0 Å². The van der Waals surface area contributed by atoms with Crippen molar-refractivity contribution >= 4 is 27.5 Å². The van der Waals surface area contributed by atoms with Crippen LogP contribution in [0.5, 0.6) is 0 Å². The molecule has 2 aromatic heterocycles. The lowest BCUT2D eigenvalue weighted by atomic mass is 10.1. The fraction of sp³-hybridized carbons (Fsp3) is 0.185. The molecule has 4 aromatic rings. The molecule has 1 N–H and O–H groups in total. The van der Waals surface area contributed by atoms with Crippen LogP contribution in [-0.2, 0) is 22.4 Å². The molecule has 8 heteroatoms. The molecule has 1 amide bonds. The number of nitrogens with one attached hydrogen (secondary N) is 1. The van der Waals surface area contributed by atoms with Gasteiger partial charge in [0, 0.05) is 35.0 Å². The van der Waals surface area contributed by atoms with Gasteiger partial charge in [-0.05, 0) is 60.0 Å². The number of nitrogens with zero attached hydrogens (tertiary/aromatic N) is 3. The summed E-state index contributed by atoms with van der Waals surface area (Å²) in [6.45, 7) is 4.60. The smallest absolute Gasteiger partial charge is 0.250 e. The zero-order valence-electron chi connectivity index (χ0n) is 18.9. The quantitative estimate of drug-likeness (QED) is 0.357. The van der Waals surface area contributed by atoms with E-state index in [4.69, 9.17) is 14.3 Å². The minimum Gasteiger partial charge on any atom is -0.463 e. The number of allylic oxidation sites excluding steroid dienone is 1. The molecule has 6 rings (SSSR count). The molecular weight excluding hydrogens is 508 g/mol. The normalized spacial score (nSPS) is 17.2. The maximum atomic E-state index is 12.8. The van der Waals surface area contributed by atoms with Crippen LogP contribution < -0.4 is 5.32 Å². The van der Waals surface area contributed by atoms with Gasteiger partial charge in [-0.25, -0.2) is 4.68 Å². The number of hydrogen-bond acceptors (Lipinski definition) is 5. The number of aromatic nitrogens is 2. The Morgan fingerprint density at radius 3 is 2.83 bits per heavy atom. The number of hydrogen-bond donors (Lipinski definition) is 1. The van der Waals surface area contributed by atoms with Crippen LogP contribution in [0.3, 0.4) is 0 Å². The SMILES string of the molecule is C=C1Cc2cc(CCN3C(=O)COC3c3cn(-c4ccc(Br)cc4)nc3-c3ccco3)ccc2N1. The molecule has 0 spiro atoms. The van der Waals surface area contributed by atoms with Crippen molar-refractivity contribution in [2.75, 3.05) is 18.5 Å². The summed E-state index contributed by atoms with van der Waals surface area (Å²) in [6, 6.07) is 17.9. The van der Waals surface area contributed by atoms with E-state index in [0.717, 1.165) is 39.9 Å². The van der Waals surface area contributed by atoms with Crippen LogP contribution in [0.25, 0.3) is 17.1 Å². The van der Waals surface area contributed by atoms with Crippen LogP contribution in [-0.4, -0.2) is 33.7 Å². The van der Waals surface area contributed by atoms with Crippen molar-refractivity contribution in [1.29, 1.82) is 0 Å². The highest BCUT2D eigenvalue weighted by atomic mass is 79.9. The van der Waals surface area contributed by atoms with E-state index in [1.54, 1.807) is 15.8 Å². The van der Waals surface area contributed by atoms with Gasteiger partial charge in [-0.2, -0.15) is 5.10 Å². The zero-order chi connectivity index (χ0) is 23.9. The number of carbonyl (C=O) groups excluding carboxylic acids is 1. The summed E-state index contributed by atoms with van der Waals surface area (Å²) in [5, 5.41) is 8.09. The predicted molar refractivity (Wildman–Crippen MR) is 136 cm³/mol. The second-order valence-corrected chi connectivity index (χ2v) is 9.64. The molecule has 0 aliphatic carbocycles. The average Bonchev–Trinajstić information content (AvgIpc) is 3.63. The summed E-state index contributed by atoms with van der Waals surface area (Å²) in [6.07, 6.45) is 4.56. The average molecular weight is 531 g/mol. The molecule has 0 saturated carbocycles. The van der Waals surface area contributed by atoms with Crippen LogP contribution in [0.15, 0.2) is 88.2 Å². The highest BCUT2D eigenvalue weighted by Gasteiger charge is 2.36. The summed E-state index contributed by atoms with van der Waals surface area (Å²) >= 11 is 3.48. The first kappa shape index (κ1) is 21.9. The summed E-state index contributed by atoms with van der Waals surface area (Å²) in [5.74, 6) is 0.595. The van der Waals surface area contributed by atoms with E-state index in [9.17, 15) is 4.79 Å². The molecule has 0 bridgehead atoms. The monoisotopic (exact) mass is 530 g/mol. The lowest BCUT2D eigenvalue weighted by molar-refractivity contribution is -0.128. The molecule has 4 heterocycles. The molecule has 1 unspecified atom stereocenters. The molecule has 1 atom stereocenters. The highest BCUT2D eigenvalue weighted by Crippen LogP contribution is 2.36. The number of furan rings is 1. The standard InChI is InChI=1S/C27H23BrN4O3/c1-17-13-19-14-18(4-9-23(19)29-17)10-11-31-25(33)16-35-27(31)22-15-32(21-7-5-20(28)6-8-21)30-26(22)24-3-2-12-34-24/h2-9,12,14-15,27,29H,1,10-11,13,16H2. The van der Waals surface area contributed by atoms with Gasteiger partial charge in [0.05, 0.1) is 17.5 Å². The van der Waals surface area contributed by atoms with Crippen LogP contribution in [0.1, 0.15) is 22.9 Å². The second-order valence-electron chi connectivity index (χ2n) is 8.73. The van der Waals surface area contributed by atoms with Gasteiger partial charge in [0.2, 0.25) is 0 Å². The van der Waals surface area contributed by atoms with Gasteiger partial charge in [0.25, 0.3) is 5.91 Å². The van der Waals surface area contributed by atoms with Gasteiger partial charge in [-0.15, -0.1) is 0 Å². The van der Waals surface area contributed by atoms with Crippen molar-refractivity contribution in [3.63, 3.8) is 0 Å². The van der Waals surface area contributed by atoms with E-state index < -0.39 is 6.23 Å². The number of fused-ring (bicyclic) bond motifs is 1. The summed E-state index contributed by atoms with van der Waals surface area (Å²) in [7, 11) is 0. The molecule has 7 nitrogen and oxygen atoms in total. The topological polar surface area (TPSA) is 72.5 Å². The van der Waals surface area contributed by atoms with Crippen LogP contribution in [0.4, 0.5) is 5.69 Å². The molecule has 2 aliphatic rings. The van der Waals surface area contributed by atoms with Crippen molar-refractivity contribution in [1.82, 2.24) is 14.7 Å². The minimum atomic E-state index is -0.539. The lowest BCUT2D eigenvalue weighted by Crippen LogP contribution is -2.30. The first-order valence-corrected chi connectivity index (χ1v) is 12.2. The van der Waals surface area contributed by atoms with E-state index in [1.165, 1.54) is 11.1 Å². The predicted octanol–water partition coefficient (Wildman–Crippen LogP) is 5.48. The van der Waals surface area contributed by atoms with Gasteiger partial charge < -0.3 is 19.4 Å². The third-order valence-corrected chi connectivity index (χ3v) is 6.88. The van der Waals surface area contributed by atoms with Crippen molar-refractivity contribution in [2.45, 2.75) is 19.1 Å². The fourth-order valence-electron chi connectivity index (χ4n) is 4.64.